The highest BCUT2D eigenvalue weighted by Crippen LogP contribution is 2.38. The molecule has 6 heteroatoms. The Balaban J connectivity index is 1.90. The van der Waals surface area contributed by atoms with Gasteiger partial charge in [-0.05, 0) is 56.6 Å². The average Bonchev–Trinajstić information content (AvgIpc) is 2.77. The molecule has 6 nitrogen and oxygen atoms in total. The standard InChI is InChI=1S/C24H27NO5/c1-15-21(16-7-9-17(28-2)10-8-16)23(27)18-13-20(29-3)22(26)19(24(18)30-15)14-25-11-5-4-6-12-25/h7-10,13,26H,4-6,11-12,14H2,1-3H3. The van der Waals surface area contributed by atoms with E-state index in [0.717, 1.165) is 37.2 Å². The summed E-state index contributed by atoms with van der Waals surface area (Å²) in [5.74, 6) is 1.56. The number of nitrogens with zero attached hydrogens (tertiary/aromatic N) is 1. The van der Waals surface area contributed by atoms with E-state index in [-0.39, 0.29) is 16.9 Å². The van der Waals surface area contributed by atoms with Crippen molar-refractivity contribution in [1.82, 2.24) is 4.90 Å². The first kappa shape index (κ1) is 20.3. The van der Waals surface area contributed by atoms with Crippen LogP contribution in [0.1, 0.15) is 30.6 Å². The number of aromatic hydroxyl groups is 1. The van der Waals surface area contributed by atoms with Gasteiger partial charge in [0.2, 0.25) is 5.43 Å². The average molecular weight is 409 g/mol. The molecular weight excluding hydrogens is 382 g/mol. The summed E-state index contributed by atoms with van der Waals surface area (Å²) in [5, 5.41) is 11.2. The molecule has 0 unspecified atom stereocenters. The van der Waals surface area contributed by atoms with E-state index in [1.807, 2.05) is 24.3 Å². The summed E-state index contributed by atoms with van der Waals surface area (Å²) in [4.78, 5) is 15.8. The molecule has 0 atom stereocenters. The molecule has 2 aromatic carbocycles. The van der Waals surface area contributed by atoms with E-state index in [0.29, 0.717) is 34.4 Å². The quantitative estimate of drug-likeness (QED) is 0.670. The topological polar surface area (TPSA) is 72.1 Å². The summed E-state index contributed by atoms with van der Waals surface area (Å²) in [6.07, 6.45) is 3.49. The van der Waals surface area contributed by atoms with Gasteiger partial charge in [0.25, 0.3) is 0 Å². The first-order valence-corrected chi connectivity index (χ1v) is 10.3. The number of methoxy groups -OCH3 is 2. The van der Waals surface area contributed by atoms with Gasteiger partial charge >= 0.3 is 0 Å². The molecule has 1 saturated heterocycles. The number of benzene rings is 2. The predicted molar refractivity (Wildman–Crippen MR) is 117 cm³/mol. The summed E-state index contributed by atoms with van der Waals surface area (Å²) in [6, 6.07) is 8.89. The monoisotopic (exact) mass is 409 g/mol. The molecule has 0 bridgehead atoms. The Morgan fingerprint density at radius 1 is 1.07 bits per heavy atom. The van der Waals surface area contributed by atoms with E-state index in [1.54, 1.807) is 20.1 Å². The molecule has 1 aromatic heterocycles. The van der Waals surface area contributed by atoms with Gasteiger partial charge < -0.3 is 19.0 Å². The Morgan fingerprint density at radius 2 is 1.77 bits per heavy atom. The normalized spacial score (nSPS) is 14.8. The minimum Gasteiger partial charge on any atom is -0.504 e. The van der Waals surface area contributed by atoms with Crippen LogP contribution >= 0.6 is 0 Å². The molecule has 1 fully saturated rings. The minimum atomic E-state index is -0.142. The van der Waals surface area contributed by atoms with E-state index in [1.165, 1.54) is 13.5 Å². The second kappa shape index (κ2) is 8.40. The van der Waals surface area contributed by atoms with E-state index >= 15 is 0 Å². The number of hydrogen-bond donors (Lipinski definition) is 1. The van der Waals surface area contributed by atoms with E-state index in [2.05, 4.69) is 4.90 Å². The van der Waals surface area contributed by atoms with Gasteiger partial charge in [-0.2, -0.15) is 0 Å². The van der Waals surface area contributed by atoms with Gasteiger partial charge in [0.1, 0.15) is 17.1 Å². The smallest absolute Gasteiger partial charge is 0.200 e. The fourth-order valence-electron chi connectivity index (χ4n) is 4.20. The summed E-state index contributed by atoms with van der Waals surface area (Å²) < 4.78 is 16.8. The van der Waals surface area contributed by atoms with Crippen LogP contribution < -0.4 is 14.9 Å². The molecule has 158 valence electrons. The number of aryl methyl sites for hydroxylation is 1. The summed E-state index contributed by atoms with van der Waals surface area (Å²) in [7, 11) is 3.10. The van der Waals surface area contributed by atoms with E-state index < -0.39 is 0 Å². The Bertz CT molecular complexity index is 1110. The number of likely N-dealkylation sites (tertiary alicyclic amines) is 1. The lowest BCUT2D eigenvalue weighted by atomic mass is 10.00. The van der Waals surface area contributed by atoms with Crippen molar-refractivity contribution < 1.29 is 19.0 Å². The van der Waals surface area contributed by atoms with Gasteiger partial charge in [-0.1, -0.05) is 18.6 Å². The lowest BCUT2D eigenvalue weighted by Gasteiger charge is -2.27. The SMILES string of the molecule is COc1ccc(-c2c(C)oc3c(CN4CCCCC4)c(O)c(OC)cc3c2=O)cc1. The number of phenols is 1. The minimum absolute atomic E-state index is 0.0373. The number of phenolic OH excluding ortho intramolecular Hbond substituents is 1. The zero-order valence-corrected chi connectivity index (χ0v) is 17.7. The van der Waals surface area contributed by atoms with Gasteiger partial charge in [-0.3, -0.25) is 9.69 Å². The number of rotatable bonds is 5. The van der Waals surface area contributed by atoms with Crippen molar-refractivity contribution >= 4 is 11.0 Å². The Morgan fingerprint density at radius 3 is 2.40 bits per heavy atom. The number of piperidine rings is 1. The van der Waals surface area contributed by atoms with Crippen molar-refractivity contribution in [2.45, 2.75) is 32.7 Å². The van der Waals surface area contributed by atoms with E-state index in [9.17, 15) is 9.90 Å². The fraction of sp³-hybridized carbons (Fsp3) is 0.375. The maximum atomic E-state index is 13.5. The predicted octanol–water partition coefficient (Wildman–Crippen LogP) is 4.48. The Kier molecular flexibility index (Phi) is 5.68. The van der Waals surface area contributed by atoms with Gasteiger partial charge in [0, 0.05) is 6.54 Å². The molecule has 0 spiro atoms. The second-order valence-electron chi connectivity index (χ2n) is 7.71. The van der Waals surface area contributed by atoms with Crippen LogP contribution in [-0.2, 0) is 6.54 Å². The second-order valence-corrected chi connectivity index (χ2v) is 7.71. The van der Waals surface area contributed by atoms with Crippen LogP contribution in [0.25, 0.3) is 22.1 Å². The highest BCUT2D eigenvalue weighted by atomic mass is 16.5. The number of fused-ring (bicyclic) bond motifs is 1. The molecule has 1 N–H and O–H groups in total. The highest BCUT2D eigenvalue weighted by molar-refractivity contribution is 5.88. The lowest BCUT2D eigenvalue weighted by Crippen LogP contribution is -2.29. The zero-order valence-electron chi connectivity index (χ0n) is 17.7. The number of ether oxygens (including phenoxy) is 2. The molecule has 3 aromatic rings. The van der Waals surface area contributed by atoms with E-state index in [4.69, 9.17) is 13.9 Å². The molecule has 0 amide bonds. The van der Waals surface area contributed by atoms with Crippen LogP contribution in [0.5, 0.6) is 17.2 Å². The van der Waals surface area contributed by atoms with Crippen molar-refractivity contribution in [2.24, 2.45) is 0 Å². The summed E-state index contributed by atoms with van der Waals surface area (Å²) >= 11 is 0. The fourth-order valence-corrected chi connectivity index (χ4v) is 4.20. The maximum absolute atomic E-state index is 13.5. The van der Waals surface area contributed by atoms with Crippen molar-refractivity contribution in [3.63, 3.8) is 0 Å². The van der Waals surface area contributed by atoms with Gasteiger partial charge in [0.15, 0.2) is 11.5 Å². The van der Waals surface area contributed by atoms with Gasteiger partial charge in [-0.15, -0.1) is 0 Å². The molecule has 2 heterocycles. The molecule has 30 heavy (non-hydrogen) atoms. The van der Waals surface area contributed by atoms with Crippen LogP contribution in [0.4, 0.5) is 0 Å². The van der Waals surface area contributed by atoms with Crippen molar-refractivity contribution in [3.8, 4) is 28.4 Å². The molecule has 0 saturated carbocycles. The lowest BCUT2D eigenvalue weighted by molar-refractivity contribution is 0.218. The largest absolute Gasteiger partial charge is 0.504 e. The van der Waals surface area contributed by atoms with Crippen LogP contribution in [0.15, 0.2) is 39.5 Å². The first-order chi connectivity index (χ1) is 14.5. The van der Waals surface area contributed by atoms with Crippen molar-refractivity contribution in [2.75, 3.05) is 27.3 Å². The summed E-state index contributed by atoms with van der Waals surface area (Å²) in [5.41, 5.74) is 2.15. The summed E-state index contributed by atoms with van der Waals surface area (Å²) in [6.45, 7) is 4.23. The molecule has 1 aliphatic rings. The third-order valence-electron chi connectivity index (χ3n) is 5.82. The van der Waals surface area contributed by atoms with Crippen molar-refractivity contribution in [1.29, 1.82) is 0 Å². The Labute approximate surface area is 175 Å². The molecule has 0 aliphatic carbocycles. The molecular formula is C24H27NO5. The maximum Gasteiger partial charge on any atom is 0.200 e. The van der Waals surface area contributed by atoms with Crippen molar-refractivity contribution in [3.05, 3.63) is 51.9 Å². The van der Waals surface area contributed by atoms with Crippen LogP contribution in [-0.4, -0.2) is 37.3 Å². The molecule has 1 aliphatic heterocycles. The Hall–Kier alpha value is -2.99. The first-order valence-electron chi connectivity index (χ1n) is 10.3. The zero-order chi connectivity index (χ0) is 21.3. The van der Waals surface area contributed by atoms with Gasteiger partial charge in [-0.25, -0.2) is 0 Å². The van der Waals surface area contributed by atoms with Crippen LogP contribution in [0.2, 0.25) is 0 Å². The molecule has 4 rings (SSSR count). The van der Waals surface area contributed by atoms with Crippen LogP contribution in [0.3, 0.4) is 0 Å². The number of hydrogen-bond acceptors (Lipinski definition) is 6. The van der Waals surface area contributed by atoms with Gasteiger partial charge in [0.05, 0.1) is 30.7 Å². The highest BCUT2D eigenvalue weighted by Gasteiger charge is 2.23. The van der Waals surface area contributed by atoms with Crippen LogP contribution in [0, 0.1) is 6.92 Å². The third kappa shape index (κ3) is 3.63. The molecule has 0 radical (unpaired) electrons. The third-order valence-corrected chi connectivity index (χ3v) is 5.82.